The average Bonchev–Trinajstić information content (AvgIpc) is 3.14. The fourth-order valence-electron chi connectivity index (χ4n) is 3.16. The Morgan fingerprint density at radius 1 is 1.18 bits per heavy atom. The number of methoxy groups -OCH3 is 1. The number of oxazole rings is 1. The molecule has 0 atom stereocenters. The van der Waals surface area contributed by atoms with Crippen molar-refractivity contribution in [3.05, 3.63) is 47.5 Å². The molecule has 3 aromatic rings. The van der Waals surface area contributed by atoms with Gasteiger partial charge in [-0.2, -0.15) is 0 Å². The summed E-state index contributed by atoms with van der Waals surface area (Å²) in [4.78, 5) is 21.1. The molecule has 0 saturated carbocycles. The van der Waals surface area contributed by atoms with Crippen LogP contribution in [0.4, 0.5) is 5.69 Å². The molecule has 2 heterocycles. The van der Waals surface area contributed by atoms with Crippen molar-refractivity contribution < 1.29 is 13.9 Å². The SMILES string of the molecule is COc1ccc(N2CCN(C(=O)CSc3nc4cc(Cl)ccc4o3)CC2)cc1. The number of fused-ring (bicyclic) bond motifs is 1. The van der Waals surface area contributed by atoms with Crippen molar-refractivity contribution in [2.24, 2.45) is 0 Å². The van der Waals surface area contributed by atoms with Gasteiger partial charge in [-0.05, 0) is 42.5 Å². The van der Waals surface area contributed by atoms with Crippen LogP contribution in [0.5, 0.6) is 5.75 Å². The van der Waals surface area contributed by atoms with E-state index in [0.29, 0.717) is 40.2 Å². The normalized spacial score (nSPS) is 14.5. The summed E-state index contributed by atoms with van der Waals surface area (Å²) in [6.45, 7) is 3.03. The number of anilines is 1. The van der Waals surface area contributed by atoms with E-state index in [0.717, 1.165) is 24.5 Å². The van der Waals surface area contributed by atoms with E-state index < -0.39 is 0 Å². The zero-order valence-electron chi connectivity index (χ0n) is 15.4. The van der Waals surface area contributed by atoms with Crippen LogP contribution in [-0.4, -0.2) is 54.8 Å². The topological polar surface area (TPSA) is 58.8 Å². The van der Waals surface area contributed by atoms with E-state index in [1.54, 1.807) is 25.3 Å². The van der Waals surface area contributed by atoms with Gasteiger partial charge in [-0.25, -0.2) is 4.98 Å². The molecule has 28 heavy (non-hydrogen) atoms. The van der Waals surface area contributed by atoms with Crippen molar-refractivity contribution in [1.82, 2.24) is 9.88 Å². The molecule has 1 aliphatic heterocycles. The van der Waals surface area contributed by atoms with Crippen molar-refractivity contribution in [1.29, 1.82) is 0 Å². The van der Waals surface area contributed by atoms with Crippen molar-refractivity contribution in [3.8, 4) is 5.75 Å². The van der Waals surface area contributed by atoms with Crippen molar-refractivity contribution >= 4 is 46.1 Å². The Bertz CT molecular complexity index is 968. The second kappa shape index (κ2) is 8.32. The number of rotatable bonds is 5. The molecule has 0 bridgehead atoms. The van der Waals surface area contributed by atoms with Gasteiger partial charge in [-0.1, -0.05) is 23.4 Å². The Hall–Kier alpha value is -2.38. The average molecular weight is 418 g/mol. The first-order chi connectivity index (χ1) is 13.6. The lowest BCUT2D eigenvalue weighted by Gasteiger charge is -2.36. The molecule has 1 amide bonds. The predicted octanol–water partition coefficient (Wildman–Crippen LogP) is 3.93. The van der Waals surface area contributed by atoms with Crippen LogP contribution >= 0.6 is 23.4 Å². The number of carbonyl (C=O) groups excluding carboxylic acids is 1. The zero-order chi connectivity index (χ0) is 19.5. The third-order valence-electron chi connectivity index (χ3n) is 4.72. The molecule has 4 rings (SSSR count). The highest BCUT2D eigenvalue weighted by atomic mass is 35.5. The predicted molar refractivity (Wildman–Crippen MR) is 112 cm³/mol. The molecule has 146 valence electrons. The summed E-state index contributed by atoms with van der Waals surface area (Å²) in [7, 11) is 1.66. The third-order valence-corrected chi connectivity index (χ3v) is 5.77. The highest BCUT2D eigenvalue weighted by Crippen LogP contribution is 2.26. The number of ether oxygens (including phenoxy) is 1. The number of hydrogen-bond acceptors (Lipinski definition) is 6. The van der Waals surface area contributed by atoms with E-state index in [4.69, 9.17) is 20.8 Å². The summed E-state index contributed by atoms with van der Waals surface area (Å²) in [6.07, 6.45) is 0. The summed E-state index contributed by atoms with van der Waals surface area (Å²) >= 11 is 7.28. The van der Waals surface area contributed by atoms with Crippen molar-refractivity contribution in [2.45, 2.75) is 5.22 Å². The quantitative estimate of drug-likeness (QED) is 0.586. The summed E-state index contributed by atoms with van der Waals surface area (Å²) in [6, 6.07) is 13.3. The van der Waals surface area contributed by atoms with Crippen LogP contribution in [0.1, 0.15) is 0 Å². The van der Waals surface area contributed by atoms with Crippen LogP contribution in [0, 0.1) is 0 Å². The number of hydrogen-bond donors (Lipinski definition) is 0. The highest BCUT2D eigenvalue weighted by molar-refractivity contribution is 7.99. The van der Waals surface area contributed by atoms with Crippen LogP contribution in [-0.2, 0) is 4.79 Å². The number of aromatic nitrogens is 1. The minimum Gasteiger partial charge on any atom is -0.497 e. The molecule has 6 nitrogen and oxygen atoms in total. The second-order valence-corrected chi connectivity index (χ2v) is 7.81. The maximum atomic E-state index is 12.5. The lowest BCUT2D eigenvalue weighted by atomic mass is 10.2. The lowest BCUT2D eigenvalue weighted by molar-refractivity contribution is -0.128. The standard InChI is InChI=1S/C20H20ClN3O3S/c1-26-16-5-3-15(4-6-16)23-8-10-24(11-9-23)19(25)13-28-20-22-17-12-14(21)2-7-18(17)27-20/h2-7,12H,8-11,13H2,1H3. The minimum atomic E-state index is 0.0969. The maximum absolute atomic E-state index is 12.5. The smallest absolute Gasteiger partial charge is 0.257 e. The first-order valence-corrected chi connectivity index (χ1v) is 10.3. The monoisotopic (exact) mass is 417 g/mol. The molecule has 0 spiro atoms. The van der Waals surface area contributed by atoms with E-state index >= 15 is 0 Å². The molecule has 0 unspecified atom stereocenters. The summed E-state index contributed by atoms with van der Waals surface area (Å²) in [5.74, 6) is 1.25. The van der Waals surface area contributed by atoms with Gasteiger partial charge in [0.25, 0.3) is 5.22 Å². The van der Waals surface area contributed by atoms with Crippen LogP contribution in [0.25, 0.3) is 11.1 Å². The molecule has 2 aromatic carbocycles. The highest BCUT2D eigenvalue weighted by Gasteiger charge is 2.22. The van der Waals surface area contributed by atoms with Gasteiger partial charge in [0.15, 0.2) is 5.58 Å². The Morgan fingerprint density at radius 3 is 2.64 bits per heavy atom. The number of nitrogens with zero attached hydrogens (tertiary/aromatic N) is 3. The van der Waals surface area contributed by atoms with Gasteiger partial charge in [0.05, 0.1) is 12.9 Å². The van der Waals surface area contributed by atoms with Crippen LogP contribution in [0.15, 0.2) is 52.1 Å². The van der Waals surface area contributed by atoms with Gasteiger partial charge >= 0.3 is 0 Å². The van der Waals surface area contributed by atoms with Gasteiger partial charge in [0.1, 0.15) is 11.3 Å². The summed E-state index contributed by atoms with van der Waals surface area (Å²) in [5.41, 5.74) is 2.52. The van der Waals surface area contributed by atoms with Crippen LogP contribution in [0.3, 0.4) is 0 Å². The largest absolute Gasteiger partial charge is 0.497 e. The van der Waals surface area contributed by atoms with E-state index in [1.165, 1.54) is 11.8 Å². The first-order valence-electron chi connectivity index (χ1n) is 8.98. The number of amides is 1. The number of piperazine rings is 1. The number of benzene rings is 2. The summed E-state index contributed by atoms with van der Waals surface area (Å²) < 4.78 is 10.9. The fourth-order valence-corrected chi connectivity index (χ4v) is 4.07. The lowest BCUT2D eigenvalue weighted by Crippen LogP contribution is -2.49. The summed E-state index contributed by atoms with van der Waals surface area (Å²) in [5, 5.41) is 1.10. The zero-order valence-corrected chi connectivity index (χ0v) is 17.0. The minimum absolute atomic E-state index is 0.0969. The Labute approximate surface area is 172 Å². The Kier molecular flexibility index (Phi) is 5.64. The van der Waals surface area contributed by atoms with E-state index in [1.807, 2.05) is 29.2 Å². The number of thioether (sulfide) groups is 1. The molecule has 0 aliphatic carbocycles. The molecule has 1 aromatic heterocycles. The Morgan fingerprint density at radius 2 is 1.93 bits per heavy atom. The van der Waals surface area contributed by atoms with E-state index in [9.17, 15) is 4.79 Å². The van der Waals surface area contributed by atoms with E-state index in [2.05, 4.69) is 9.88 Å². The molecule has 0 N–H and O–H groups in total. The molecule has 8 heteroatoms. The molecule has 1 saturated heterocycles. The molecule has 0 radical (unpaired) electrons. The second-order valence-electron chi connectivity index (χ2n) is 6.45. The van der Waals surface area contributed by atoms with Gasteiger partial charge in [-0.15, -0.1) is 0 Å². The maximum Gasteiger partial charge on any atom is 0.257 e. The van der Waals surface area contributed by atoms with E-state index in [-0.39, 0.29) is 5.91 Å². The molecular formula is C20H20ClN3O3S. The van der Waals surface area contributed by atoms with Crippen LogP contribution in [0.2, 0.25) is 5.02 Å². The molecule has 1 fully saturated rings. The number of carbonyl (C=O) groups is 1. The Balaban J connectivity index is 1.29. The van der Waals surface area contributed by atoms with Gasteiger partial charge in [-0.3, -0.25) is 4.79 Å². The van der Waals surface area contributed by atoms with Crippen molar-refractivity contribution in [3.63, 3.8) is 0 Å². The molecule has 1 aliphatic rings. The van der Waals surface area contributed by atoms with Gasteiger partial charge in [0.2, 0.25) is 5.91 Å². The first kappa shape index (κ1) is 19.0. The molecular weight excluding hydrogens is 398 g/mol. The van der Waals surface area contributed by atoms with Gasteiger partial charge in [0, 0.05) is 36.9 Å². The third kappa shape index (κ3) is 4.20. The van der Waals surface area contributed by atoms with Gasteiger partial charge < -0.3 is 19.0 Å². The fraction of sp³-hybridized carbons (Fsp3) is 0.300. The van der Waals surface area contributed by atoms with Crippen molar-refractivity contribution in [2.75, 3.05) is 43.9 Å². The number of halogens is 1. The van der Waals surface area contributed by atoms with Crippen LogP contribution < -0.4 is 9.64 Å².